The van der Waals surface area contributed by atoms with Gasteiger partial charge in [0.1, 0.15) is 0 Å². The zero-order valence-electron chi connectivity index (χ0n) is 10.4. The van der Waals surface area contributed by atoms with Crippen LogP contribution < -0.4 is 5.32 Å². The molecule has 19 heavy (non-hydrogen) atoms. The van der Waals surface area contributed by atoms with Crippen molar-refractivity contribution < 1.29 is 4.79 Å². The first-order valence-corrected chi connectivity index (χ1v) is 6.53. The fraction of sp³-hybridized carbons (Fsp3) is 0.0625. The molecule has 0 aliphatic heterocycles. The molecule has 0 fully saturated rings. The number of amides is 1. The molecule has 94 valence electrons. The molecule has 1 amide bonds. The average Bonchev–Trinajstić information content (AvgIpc) is 2.41. The molecule has 0 unspecified atom stereocenters. The minimum absolute atomic E-state index is 0.162. The van der Waals surface area contributed by atoms with E-state index in [-0.39, 0.29) is 5.91 Å². The summed E-state index contributed by atoms with van der Waals surface area (Å²) in [5.41, 5.74) is 3.06. The first-order valence-electron chi connectivity index (χ1n) is 5.74. The van der Waals surface area contributed by atoms with Crippen LogP contribution in [0.1, 0.15) is 21.5 Å². The topological polar surface area (TPSA) is 29.1 Å². The van der Waals surface area contributed by atoms with Crippen molar-refractivity contribution in [3.63, 3.8) is 0 Å². The van der Waals surface area contributed by atoms with Gasteiger partial charge in [-0.3, -0.25) is 4.79 Å². The molecule has 2 rings (SSSR count). The Morgan fingerprint density at radius 3 is 2.79 bits per heavy atom. The van der Waals surface area contributed by atoms with Gasteiger partial charge in [-0.2, -0.15) is 0 Å². The lowest BCUT2D eigenvalue weighted by molar-refractivity contribution is 0.102. The predicted molar refractivity (Wildman–Crippen MR) is 81.2 cm³/mol. The van der Waals surface area contributed by atoms with Crippen LogP contribution in [0.5, 0.6) is 0 Å². The summed E-state index contributed by atoms with van der Waals surface area (Å²) in [4.78, 5) is 12.2. The van der Waals surface area contributed by atoms with Crippen LogP contribution in [-0.2, 0) is 0 Å². The molecule has 0 atom stereocenters. The van der Waals surface area contributed by atoms with E-state index in [1.54, 1.807) is 6.07 Å². The van der Waals surface area contributed by atoms with Gasteiger partial charge in [-0.15, -0.1) is 6.42 Å². The molecule has 0 spiro atoms. The van der Waals surface area contributed by atoms with E-state index >= 15 is 0 Å². The van der Waals surface area contributed by atoms with Gasteiger partial charge in [0.2, 0.25) is 0 Å². The van der Waals surface area contributed by atoms with Gasteiger partial charge in [0, 0.05) is 15.7 Å². The Bertz CT molecular complexity index is 671. The van der Waals surface area contributed by atoms with Crippen LogP contribution in [0, 0.1) is 19.3 Å². The summed E-state index contributed by atoms with van der Waals surface area (Å²) in [6, 6.07) is 12.9. The molecule has 1 N–H and O–H groups in total. The maximum atomic E-state index is 12.2. The van der Waals surface area contributed by atoms with Gasteiger partial charge >= 0.3 is 0 Å². The highest BCUT2D eigenvalue weighted by Gasteiger charge is 2.10. The standard InChI is InChI=1S/C16H12BrNO/c1-3-12-5-4-6-13(10-12)18-16(19)14-9-11(2)7-8-15(14)17/h1,4-10H,2H3,(H,18,19). The SMILES string of the molecule is C#Cc1cccc(NC(=O)c2cc(C)ccc2Br)c1. The van der Waals surface area contributed by atoms with E-state index in [1.165, 1.54) is 0 Å². The summed E-state index contributed by atoms with van der Waals surface area (Å²) in [6.45, 7) is 1.95. The smallest absolute Gasteiger partial charge is 0.256 e. The number of aryl methyl sites for hydroxylation is 1. The first kappa shape index (κ1) is 13.4. The van der Waals surface area contributed by atoms with Crippen LogP contribution in [0.25, 0.3) is 0 Å². The summed E-state index contributed by atoms with van der Waals surface area (Å²) in [7, 11) is 0. The van der Waals surface area contributed by atoms with Crippen LogP contribution in [0.4, 0.5) is 5.69 Å². The molecule has 2 aromatic rings. The van der Waals surface area contributed by atoms with Gasteiger partial charge < -0.3 is 5.32 Å². The van der Waals surface area contributed by atoms with Crippen LogP contribution in [-0.4, -0.2) is 5.91 Å². The first-order chi connectivity index (χ1) is 9.10. The normalized spacial score (nSPS) is 9.74. The lowest BCUT2D eigenvalue weighted by Crippen LogP contribution is -2.12. The maximum absolute atomic E-state index is 12.2. The van der Waals surface area contributed by atoms with Gasteiger partial charge in [0.25, 0.3) is 5.91 Å². The zero-order chi connectivity index (χ0) is 13.8. The molecule has 3 heteroatoms. The third-order valence-corrected chi connectivity index (χ3v) is 3.35. The molecular formula is C16H12BrNO. The summed E-state index contributed by atoms with van der Waals surface area (Å²) in [5.74, 6) is 2.38. The number of halogens is 1. The predicted octanol–water partition coefficient (Wildman–Crippen LogP) is 3.99. The Labute approximate surface area is 121 Å². The van der Waals surface area contributed by atoms with E-state index in [0.717, 1.165) is 15.6 Å². The third kappa shape index (κ3) is 3.24. The molecule has 2 nitrogen and oxygen atoms in total. The van der Waals surface area contributed by atoms with Crippen molar-refractivity contribution >= 4 is 27.5 Å². The summed E-state index contributed by atoms with van der Waals surface area (Å²) in [5, 5.41) is 2.84. The molecule has 0 radical (unpaired) electrons. The fourth-order valence-electron chi connectivity index (χ4n) is 1.70. The molecule has 0 saturated carbocycles. The number of benzene rings is 2. The van der Waals surface area contributed by atoms with E-state index in [2.05, 4.69) is 27.2 Å². The molecule has 0 heterocycles. The van der Waals surface area contributed by atoms with Crippen molar-refractivity contribution in [3.05, 3.63) is 63.6 Å². The molecular weight excluding hydrogens is 302 g/mol. The maximum Gasteiger partial charge on any atom is 0.256 e. The second kappa shape index (κ2) is 5.73. The Balaban J connectivity index is 2.26. The summed E-state index contributed by atoms with van der Waals surface area (Å²) >= 11 is 3.38. The number of terminal acetylenes is 1. The number of anilines is 1. The number of hydrogen-bond donors (Lipinski definition) is 1. The number of hydrogen-bond acceptors (Lipinski definition) is 1. The number of carbonyl (C=O) groups excluding carboxylic acids is 1. The Hall–Kier alpha value is -2.05. The van der Waals surface area contributed by atoms with Crippen LogP contribution in [0.3, 0.4) is 0 Å². The van der Waals surface area contributed by atoms with Gasteiger partial charge in [-0.1, -0.05) is 23.6 Å². The fourth-order valence-corrected chi connectivity index (χ4v) is 2.12. The van der Waals surface area contributed by atoms with Crippen LogP contribution in [0.15, 0.2) is 46.9 Å². The van der Waals surface area contributed by atoms with Crippen LogP contribution >= 0.6 is 15.9 Å². The highest BCUT2D eigenvalue weighted by Crippen LogP contribution is 2.20. The van der Waals surface area contributed by atoms with Crippen molar-refractivity contribution in [3.8, 4) is 12.3 Å². The van der Waals surface area contributed by atoms with E-state index in [9.17, 15) is 4.79 Å². The van der Waals surface area contributed by atoms with Crippen molar-refractivity contribution in [2.45, 2.75) is 6.92 Å². The van der Waals surface area contributed by atoms with E-state index < -0.39 is 0 Å². The quantitative estimate of drug-likeness (QED) is 0.834. The molecule has 0 aliphatic rings. The van der Waals surface area contributed by atoms with Gasteiger partial charge in [0.15, 0.2) is 0 Å². The van der Waals surface area contributed by atoms with Gasteiger partial charge in [-0.25, -0.2) is 0 Å². The molecule has 0 aliphatic carbocycles. The number of rotatable bonds is 2. The number of nitrogens with one attached hydrogen (secondary N) is 1. The zero-order valence-corrected chi connectivity index (χ0v) is 12.0. The lowest BCUT2D eigenvalue weighted by Gasteiger charge is -2.08. The molecule has 0 aromatic heterocycles. The van der Waals surface area contributed by atoms with E-state index in [0.29, 0.717) is 11.3 Å². The van der Waals surface area contributed by atoms with Crippen LogP contribution in [0.2, 0.25) is 0 Å². The third-order valence-electron chi connectivity index (χ3n) is 2.65. The lowest BCUT2D eigenvalue weighted by atomic mass is 10.1. The second-order valence-corrected chi connectivity index (χ2v) is 5.02. The average molecular weight is 314 g/mol. The second-order valence-electron chi connectivity index (χ2n) is 4.16. The molecule has 0 bridgehead atoms. The Kier molecular flexibility index (Phi) is 4.03. The van der Waals surface area contributed by atoms with Crippen molar-refractivity contribution in [1.29, 1.82) is 0 Å². The van der Waals surface area contributed by atoms with Gasteiger partial charge in [-0.05, 0) is 53.2 Å². The monoisotopic (exact) mass is 313 g/mol. The van der Waals surface area contributed by atoms with Crippen molar-refractivity contribution in [2.24, 2.45) is 0 Å². The number of carbonyl (C=O) groups is 1. The van der Waals surface area contributed by atoms with E-state index in [1.807, 2.05) is 43.3 Å². The van der Waals surface area contributed by atoms with E-state index in [4.69, 9.17) is 6.42 Å². The van der Waals surface area contributed by atoms with Crippen molar-refractivity contribution in [1.82, 2.24) is 0 Å². The summed E-state index contributed by atoms with van der Waals surface area (Å²) < 4.78 is 0.767. The minimum atomic E-state index is -0.162. The van der Waals surface area contributed by atoms with Gasteiger partial charge in [0.05, 0.1) is 5.56 Å². The van der Waals surface area contributed by atoms with Crippen molar-refractivity contribution in [2.75, 3.05) is 5.32 Å². The summed E-state index contributed by atoms with van der Waals surface area (Å²) in [6.07, 6.45) is 5.33. The largest absolute Gasteiger partial charge is 0.322 e. The highest BCUT2D eigenvalue weighted by molar-refractivity contribution is 9.10. The Morgan fingerprint density at radius 2 is 2.05 bits per heavy atom. The Morgan fingerprint density at radius 1 is 1.26 bits per heavy atom. The minimum Gasteiger partial charge on any atom is -0.322 e. The highest BCUT2D eigenvalue weighted by atomic mass is 79.9. The molecule has 0 saturated heterocycles. The molecule has 2 aromatic carbocycles.